The van der Waals surface area contributed by atoms with Gasteiger partial charge in [0.1, 0.15) is 0 Å². The predicted molar refractivity (Wildman–Crippen MR) is 71.7 cm³/mol. The number of hydrogen-bond donors (Lipinski definition) is 1. The zero-order valence-electron chi connectivity index (χ0n) is 12.0. The van der Waals surface area contributed by atoms with Gasteiger partial charge in [-0.1, -0.05) is 27.7 Å². The summed E-state index contributed by atoms with van der Waals surface area (Å²) in [6, 6.07) is 1.38. The van der Waals surface area contributed by atoms with E-state index >= 15 is 0 Å². The van der Waals surface area contributed by atoms with E-state index in [1.54, 1.807) is 0 Å². The molecule has 0 radical (unpaired) electrons. The molecule has 0 aliphatic heterocycles. The summed E-state index contributed by atoms with van der Waals surface area (Å²) in [5, 5.41) is 3.53. The maximum atomic E-state index is 3.53. The molecule has 0 aromatic carbocycles. The van der Waals surface area contributed by atoms with Crippen molar-refractivity contribution >= 4 is 0 Å². The van der Waals surface area contributed by atoms with E-state index < -0.39 is 0 Å². The fourth-order valence-electron chi connectivity index (χ4n) is 3.57. The summed E-state index contributed by atoms with van der Waals surface area (Å²) in [6.07, 6.45) is 2.71. The van der Waals surface area contributed by atoms with Crippen LogP contribution in [0.2, 0.25) is 0 Å². The molecule has 0 spiro atoms. The molecule has 0 amide bonds. The van der Waals surface area contributed by atoms with Crippen molar-refractivity contribution in [1.82, 2.24) is 10.2 Å². The second-order valence-electron chi connectivity index (χ2n) is 6.27. The van der Waals surface area contributed by atoms with Crippen molar-refractivity contribution in [3.8, 4) is 0 Å². The van der Waals surface area contributed by atoms with Gasteiger partial charge in [-0.15, -0.1) is 0 Å². The van der Waals surface area contributed by atoms with Gasteiger partial charge in [-0.2, -0.15) is 0 Å². The Morgan fingerprint density at radius 2 is 1.88 bits per heavy atom. The lowest BCUT2D eigenvalue weighted by molar-refractivity contribution is 0.0757. The molecule has 16 heavy (non-hydrogen) atoms. The van der Waals surface area contributed by atoms with Crippen molar-refractivity contribution in [3.05, 3.63) is 0 Å². The minimum Gasteiger partial charge on any atom is -0.315 e. The highest BCUT2D eigenvalue weighted by Gasteiger charge is 2.35. The standard InChI is InChI=1S/C14H30N2/c1-10(2)9-16(6)14-12(4)7-11(3)8-13(14)15-5/h10-15H,7-9H2,1-6H3. The Balaban J connectivity index is 2.66. The lowest BCUT2D eigenvalue weighted by atomic mass is 9.76. The van der Waals surface area contributed by atoms with Crippen LogP contribution >= 0.6 is 0 Å². The van der Waals surface area contributed by atoms with Gasteiger partial charge in [0.2, 0.25) is 0 Å². The first-order chi connectivity index (χ1) is 7.45. The number of rotatable bonds is 4. The van der Waals surface area contributed by atoms with Crippen LogP contribution in [0.15, 0.2) is 0 Å². The Bertz CT molecular complexity index is 203. The maximum absolute atomic E-state index is 3.53. The maximum Gasteiger partial charge on any atom is 0.0272 e. The number of hydrogen-bond acceptors (Lipinski definition) is 2. The molecule has 4 unspecified atom stereocenters. The van der Waals surface area contributed by atoms with Gasteiger partial charge in [-0.05, 0) is 44.7 Å². The van der Waals surface area contributed by atoms with E-state index in [9.17, 15) is 0 Å². The van der Waals surface area contributed by atoms with Crippen LogP contribution in [-0.2, 0) is 0 Å². The molecule has 0 saturated heterocycles. The quantitative estimate of drug-likeness (QED) is 0.792. The largest absolute Gasteiger partial charge is 0.315 e. The van der Waals surface area contributed by atoms with Gasteiger partial charge >= 0.3 is 0 Å². The fourth-order valence-corrected chi connectivity index (χ4v) is 3.57. The van der Waals surface area contributed by atoms with Crippen molar-refractivity contribution in [2.45, 2.75) is 52.6 Å². The third kappa shape index (κ3) is 3.46. The summed E-state index contributed by atoms with van der Waals surface area (Å²) in [4.78, 5) is 2.57. The third-order valence-electron chi connectivity index (χ3n) is 3.96. The minimum atomic E-state index is 0.669. The van der Waals surface area contributed by atoms with E-state index in [1.165, 1.54) is 19.4 Å². The minimum absolute atomic E-state index is 0.669. The second-order valence-corrected chi connectivity index (χ2v) is 6.27. The summed E-state index contributed by atoms with van der Waals surface area (Å²) in [7, 11) is 4.41. The SMILES string of the molecule is CNC1CC(C)CC(C)C1N(C)CC(C)C. The van der Waals surface area contributed by atoms with E-state index in [-0.39, 0.29) is 0 Å². The highest BCUT2D eigenvalue weighted by atomic mass is 15.2. The Labute approximate surface area is 102 Å². The van der Waals surface area contributed by atoms with Crippen LogP contribution in [0.5, 0.6) is 0 Å². The molecule has 1 saturated carbocycles. The molecule has 1 rings (SSSR count). The summed E-state index contributed by atoms with van der Waals surface area (Å²) < 4.78 is 0. The van der Waals surface area contributed by atoms with Gasteiger partial charge in [0.05, 0.1) is 0 Å². The monoisotopic (exact) mass is 226 g/mol. The van der Waals surface area contributed by atoms with Crippen molar-refractivity contribution in [3.63, 3.8) is 0 Å². The summed E-state index contributed by atoms with van der Waals surface area (Å²) in [5.41, 5.74) is 0. The Kier molecular flexibility index (Phi) is 5.26. The topological polar surface area (TPSA) is 15.3 Å². The first kappa shape index (κ1) is 14.0. The van der Waals surface area contributed by atoms with Crippen LogP contribution in [0.25, 0.3) is 0 Å². The molecule has 0 aromatic rings. The molecular formula is C14H30N2. The Morgan fingerprint density at radius 3 is 2.38 bits per heavy atom. The summed E-state index contributed by atoms with van der Waals surface area (Å²) in [6.45, 7) is 10.6. The molecule has 1 N–H and O–H groups in total. The first-order valence-electron chi connectivity index (χ1n) is 6.83. The van der Waals surface area contributed by atoms with Crippen LogP contribution in [-0.4, -0.2) is 37.6 Å². The fraction of sp³-hybridized carbons (Fsp3) is 1.00. The molecule has 0 heterocycles. The van der Waals surface area contributed by atoms with Gasteiger partial charge < -0.3 is 10.2 Å². The van der Waals surface area contributed by atoms with Crippen LogP contribution in [0, 0.1) is 17.8 Å². The van der Waals surface area contributed by atoms with Crippen molar-refractivity contribution in [1.29, 1.82) is 0 Å². The highest BCUT2D eigenvalue weighted by molar-refractivity contribution is 4.92. The molecule has 1 fully saturated rings. The number of nitrogens with zero attached hydrogens (tertiary/aromatic N) is 1. The Hall–Kier alpha value is -0.0800. The molecule has 2 heteroatoms. The zero-order chi connectivity index (χ0) is 12.3. The molecule has 0 aromatic heterocycles. The lowest BCUT2D eigenvalue weighted by Crippen LogP contribution is -2.55. The van der Waals surface area contributed by atoms with E-state index in [4.69, 9.17) is 0 Å². The van der Waals surface area contributed by atoms with Crippen LogP contribution in [0.1, 0.15) is 40.5 Å². The van der Waals surface area contributed by atoms with Crippen molar-refractivity contribution in [2.75, 3.05) is 20.6 Å². The number of nitrogens with one attached hydrogen (secondary N) is 1. The summed E-state index contributed by atoms with van der Waals surface area (Å²) >= 11 is 0. The Morgan fingerprint density at radius 1 is 1.25 bits per heavy atom. The average molecular weight is 226 g/mol. The van der Waals surface area contributed by atoms with Crippen molar-refractivity contribution in [2.24, 2.45) is 17.8 Å². The zero-order valence-corrected chi connectivity index (χ0v) is 12.0. The van der Waals surface area contributed by atoms with Gasteiger partial charge in [-0.3, -0.25) is 0 Å². The van der Waals surface area contributed by atoms with Gasteiger partial charge in [0, 0.05) is 18.6 Å². The van der Waals surface area contributed by atoms with E-state index in [2.05, 4.69) is 52.0 Å². The smallest absolute Gasteiger partial charge is 0.0272 e. The molecular weight excluding hydrogens is 196 g/mol. The van der Waals surface area contributed by atoms with Crippen LogP contribution in [0.3, 0.4) is 0 Å². The van der Waals surface area contributed by atoms with Gasteiger partial charge in [0.15, 0.2) is 0 Å². The third-order valence-corrected chi connectivity index (χ3v) is 3.96. The van der Waals surface area contributed by atoms with E-state index in [0.29, 0.717) is 12.1 Å². The number of likely N-dealkylation sites (N-methyl/N-ethyl adjacent to an activating group) is 2. The van der Waals surface area contributed by atoms with Crippen LogP contribution < -0.4 is 5.32 Å². The molecule has 96 valence electrons. The van der Waals surface area contributed by atoms with Gasteiger partial charge in [0.25, 0.3) is 0 Å². The molecule has 1 aliphatic rings. The highest BCUT2D eigenvalue weighted by Crippen LogP contribution is 2.31. The molecule has 2 nitrogen and oxygen atoms in total. The first-order valence-corrected chi connectivity index (χ1v) is 6.83. The molecule has 1 aliphatic carbocycles. The van der Waals surface area contributed by atoms with Crippen LogP contribution in [0.4, 0.5) is 0 Å². The normalized spacial score (nSPS) is 36.0. The predicted octanol–water partition coefficient (Wildman–Crippen LogP) is 2.60. The second kappa shape index (κ2) is 6.02. The lowest BCUT2D eigenvalue weighted by Gasteiger charge is -2.45. The van der Waals surface area contributed by atoms with Gasteiger partial charge in [-0.25, -0.2) is 0 Å². The average Bonchev–Trinajstić information content (AvgIpc) is 2.14. The summed E-state index contributed by atoms with van der Waals surface area (Å²) in [5.74, 6) is 2.44. The van der Waals surface area contributed by atoms with Crippen molar-refractivity contribution < 1.29 is 0 Å². The van der Waals surface area contributed by atoms with E-state index in [1.807, 2.05) is 0 Å². The van der Waals surface area contributed by atoms with E-state index in [0.717, 1.165) is 17.8 Å². The molecule has 4 atom stereocenters. The molecule has 0 bridgehead atoms.